The number of benzene rings is 1. The Morgan fingerprint density at radius 2 is 1.94 bits per heavy atom. The first-order chi connectivity index (χ1) is 8.13. The van der Waals surface area contributed by atoms with E-state index in [-0.39, 0.29) is 6.10 Å². The number of hydrogen-bond acceptors (Lipinski definition) is 5. The van der Waals surface area contributed by atoms with Gasteiger partial charge in [-0.15, -0.1) is 10.2 Å². The molecule has 1 aromatic heterocycles. The van der Waals surface area contributed by atoms with E-state index in [1.165, 1.54) is 16.9 Å². The molecule has 2 aromatic rings. The number of nitrogens with two attached hydrogens (primary N) is 1. The van der Waals surface area contributed by atoms with Crippen LogP contribution in [0.4, 0.5) is 5.13 Å². The Balaban J connectivity index is 2.03. The summed E-state index contributed by atoms with van der Waals surface area (Å²) >= 11 is 1.42. The monoisotopic (exact) mass is 249 g/mol. The molecule has 4 nitrogen and oxygen atoms in total. The van der Waals surface area contributed by atoms with Crippen molar-refractivity contribution in [2.24, 2.45) is 0 Å². The molecule has 1 aromatic carbocycles. The van der Waals surface area contributed by atoms with Gasteiger partial charge in [-0.3, -0.25) is 0 Å². The zero-order chi connectivity index (χ0) is 12.3. The highest BCUT2D eigenvalue weighted by atomic mass is 32.1. The number of rotatable bonds is 4. The molecular weight excluding hydrogens is 234 g/mol. The fourth-order valence-corrected chi connectivity index (χ4v) is 2.11. The van der Waals surface area contributed by atoms with Crippen LogP contribution in [-0.4, -0.2) is 16.3 Å². The van der Waals surface area contributed by atoms with Crippen molar-refractivity contribution in [2.75, 3.05) is 5.73 Å². The lowest BCUT2D eigenvalue weighted by Gasteiger charge is -2.09. The molecule has 0 fully saturated rings. The highest BCUT2D eigenvalue weighted by Crippen LogP contribution is 2.18. The third kappa shape index (κ3) is 3.42. The minimum Gasteiger partial charge on any atom is -0.491 e. The van der Waals surface area contributed by atoms with Crippen molar-refractivity contribution in [1.82, 2.24) is 10.2 Å². The van der Waals surface area contributed by atoms with E-state index in [0.717, 1.165) is 17.2 Å². The molecule has 2 rings (SSSR count). The number of ether oxygens (including phenoxy) is 1. The van der Waals surface area contributed by atoms with Gasteiger partial charge >= 0.3 is 0 Å². The Morgan fingerprint density at radius 1 is 1.24 bits per heavy atom. The normalized spacial score (nSPS) is 10.8. The molecule has 0 amide bonds. The minimum absolute atomic E-state index is 0.198. The van der Waals surface area contributed by atoms with Gasteiger partial charge in [0.1, 0.15) is 10.8 Å². The van der Waals surface area contributed by atoms with Crippen LogP contribution < -0.4 is 10.5 Å². The van der Waals surface area contributed by atoms with Gasteiger partial charge in [0.15, 0.2) is 0 Å². The molecule has 0 radical (unpaired) electrons. The topological polar surface area (TPSA) is 61.0 Å². The van der Waals surface area contributed by atoms with Crippen LogP contribution in [0.5, 0.6) is 5.75 Å². The van der Waals surface area contributed by atoms with Gasteiger partial charge in [-0.2, -0.15) is 0 Å². The summed E-state index contributed by atoms with van der Waals surface area (Å²) in [6.07, 6.45) is 0.959. The van der Waals surface area contributed by atoms with Gasteiger partial charge in [0.25, 0.3) is 0 Å². The first-order valence-electron chi connectivity index (χ1n) is 5.47. The second kappa shape index (κ2) is 5.14. The summed E-state index contributed by atoms with van der Waals surface area (Å²) in [5, 5.41) is 9.23. The molecule has 5 heteroatoms. The van der Waals surface area contributed by atoms with Crippen LogP contribution in [0, 0.1) is 0 Å². The van der Waals surface area contributed by atoms with Gasteiger partial charge < -0.3 is 10.5 Å². The molecule has 0 atom stereocenters. The fraction of sp³-hybridized carbons (Fsp3) is 0.333. The number of aromatic nitrogens is 2. The van der Waals surface area contributed by atoms with Gasteiger partial charge in [0, 0.05) is 6.42 Å². The largest absolute Gasteiger partial charge is 0.491 e. The molecule has 0 saturated carbocycles. The molecule has 2 N–H and O–H groups in total. The molecule has 0 aliphatic rings. The lowest BCUT2D eigenvalue weighted by molar-refractivity contribution is 0.242. The molecule has 1 heterocycles. The number of anilines is 1. The molecule has 0 unspecified atom stereocenters. The summed E-state index contributed by atoms with van der Waals surface area (Å²) in [7, 11) is 0. The second-order valence-electron chi connectivity index (χ2n) is 4.02. The SMILES string of the molecule is CC(C)Oc1ccc(Cc2nnc(N)s2)cc1. The van der Waals surface area contributed by atoms with Gasteiger partial charge in [-0.05, 0) is 31.5 Å². The highest BCUT2D eigenvalue weighted by Gasteiger charge is 2.03. The first-order valence-corrected chi connectivity index (χ1v) is 6.28. The average Bonchev–Trinajstić information content (AvgIpc) is 2.66. The Morgan fingerprint density at radius 3 is 2.47 bits per heavy atom. The molecule has 90 valence electrons. The lowest BCUT2D eigenvalue weighted by Crippen LogP contribution is -2.05. The van der Waals surface area contributed by atoms with Crippen molar-refractivity contribution in [3.8, 4) is 5.75 Å². The van der Waals surface area contributed by atoms with Gasteiger partial charge in [-0.25, -0.2) is 0 Å². The summed E-state index contributed by atoms with van der Waals surface area (Å²) < 4.78 is 5.58. The van der Waals surface area contributed by atoms with Crippen LogP contribution in [-0.2, 0) is 6.42 Å². The zero-order valence-corrected chi connectivity index (χ0v) is 10.7. The quantitative estimate of drug-likeness (QED) is 0.904. The van der Waals surface area contributed by atoms with E-state index in [1.807, 2.05) is 38.1 Å². The Bertz CT molecular complexity index is 479. The highest BCUT2D eigenvalue weighted by molar-refractivity contribution is 7.15. The fourth-order valence-electron chi connectivity index (χ4n) is 1.47. The third-order valence-electron chi connectivity index (χ3n) is 2.13. The van der Waals surface area contributed by atoms with Crippen LogP contribution in [0.1, 0.15) is 24.4 Å². The van der Waals surface area contributed by atoms with E-state index >= 15 is 0 Å². The van der Waals surface area contributed by atoms with Crippen molar-refractivity contribution < 1.29 is 4.74 Å². The van der Waals surface area contributed by atoms with E-state index < -0.39 is 0 Å². The molecular formula is C12H15N3OS. The standard InChI is InChI=1S/C12H15N3OS/c1-8(2)16-10-5-3-9(4-6-10)7-11-14-15-12(13)17-11/h3-6,8H,7H2,1-2H3,(H2,13,15). The van der Waals surface area contributed by atoms with Crippen LogP contribution in [0.25, 0.3) is 0 Å². The molecule has 0 saturated heterocycles. The number of hydrogen-bond donors (Lipinski definition) is 1. The van der Waals surface area contributed by atoms with Crippen molar-refractivity contribution in [3.63, 3.8) is 0 Å². The maximum Gasteiger partial charge on any atom is 0.203 e. The van der Waals surface area contributed by atoms with Crippen LogP contribution in [0.3, 0.4) is 0 Å². The molecule has 0 aliphatic heterocycles. The summed E-state index contributed by atoms with van der Waals surface area (Å²) in [5.41, 5.74) is 6.71. The molecule has 0 spiro atoms. The van der Waals surface area contributed by atoms with E-state index in [0.29, 0.717) is 5.13 Å². The first kappa shape index (κ1) is 11.9. The number of nitrogen functional groups attached to an aromatic ring is 1. The summed E-state index contributed by atoms with van der Waals surface area (Å²) in [6.45, 7) is 4.02. The third-order valence-corrected chi connectivity index (χ3v) is 2.89. The van der Waals surface area contributed by atoms with Crippen molar-refractivity contribution >= 4 is 16.5 Å². The smallest absolute Gasteiger partial charge is 0.203 e. The molecule has 0 aliphatic carbocycles. The average molecular weight is 249 g/mol. The van der Waals surface area contributed by atoms with Gasteiger partial charge in [0.05, 0.1) is 6.10 Å². The van der Waals surface area contributed by atoms with E-state index in [4.69, 9.17) is 10.5 Å². The lowest BCUT2D eigenvalue weighted by atomic mass is 10.1. The second-order valence-corrected chi connectivity index (χ2v) is 5.12. The van der Waals surface area contributed by atoms with Gasteiger partial charge in [-0.1, -0.05) is 23.5 Å². The van der Waals surface area contributed by atoms with Gasteiger partial charge in [0.2, 0.25) is 5.13 Å². The van der Waals surface area contributed by atoms with Crippen molar-refractivity contribution in [2.45, 2.75) is 26.4 Å². The van der Waals surface area contributed by atoms with Crippen LogP contribution >= 0.6 is 11.3 Å². The molecule has 17 heavy (non-hydrogen) atoms. The summed E-state index contributed by atoms with van der Waals surface area (Å²) in [6, 6.07) is 8.02. The zero-order valence-electron chi connectivity index (χ0n) is 9.88. The summed E-state index contributed by atoms with van der Waals surface area (Å²) in [5.74, 6) is 0.889. The maximum absolute atomic E-state index is 5.58. The molecule has 0 bridgehead atoms. The summed E-state index contributed by atoms with van der Waals surface area (Å²) in [4.78, 5) is 0. The predicted molar refractivity (Wildman–Crippen MR) is 69.3 cm³/mol. The minimum atomic E-state index is 0.198. The predicted octanol–water partition coefficient (Wildman–Crippen LogP) is 2.50. The van der Waals surface area contributed by atoms with Crippen LogP contribution in [0.15, 0.2) is 24.3 Å². The van der Waals surface area contributed by atoms with E-state index in [1.54, 1.807) is 0 Å². The Kier molecular flexibility index (Phi) is 3.58. The Labute approximate surface area is 104 Å². The van der Waals surface area contributed by atoms with Crippen molar-refractivity contribution in [3.05, 3.63) is 34.8 Å². The number of nitrogens with zero attached hydrogens (tertiary/aromatic N) is 2. The Hall–Kier alpha value is -1.62. The van der Waals surface area contributed by atoms with Crippen molar-refractivity contribution in [1.29, 1.82) is 0 Å². The van der Waals surface area contributed by atoms with E-state index in [2.05, 4.69) is 10.2 Å². The van der Waals surface area contributed by atoms with E-state index in [9.17, 15) is 0 Å². The maximum atomic E-state index is 5.58. The van der Waals surface area contributed by atoms with Crippen LogP contribution in [0.2, 0.25) is 0 Å².